The number of ether oxygens (including phenoxy) is 1. The maximum Gasteiger partial charge on any atom is 0.130 e. The van der Waals surface area contributed by atoms with Gasteiger partial charge in [-0.25, -0.2) is 4.98 Å². The summed E-state index contributed by atoms with van der Waals surface area (Å²) in [5.41, 5.74) is 2.92. The number of phenols is 1. The summed E-state index contributed by atoms with van der Waals surface area (Å²) in [5, 5.41) is 13.9. The monoisotopic (exact) mass is 383 g/mol. The average molecular weight is 383 g/mol. The van der Waals surface area contributed by atoms with Gasteiger partial charge in [-0.2, -0.15) is 0 Å². The fourth-order valence-corrected chi connectivity index (χ4v) is 4.45. The van der Waals surface area contributed by atoms with Crippen molar-refractivity contribution in [1.29, 1.82) is 0 Å². The van der Waals surface area contributed by atoms with Crippen LogP contribution in [0.4, 0.5) is 0 Å². The number of pyridine rings is 1. The van der Waals surface area contributed by atoms with Crippen molar-refractivity contribution in [2.45, 2.75) is 38.7 Å². The number of rotatable bonds is 5. The minimum absolute atomic E-state index is 0.402. The van der Waals surface area contributed by atoms with Gasteiger partial charge in [0, 0.05) is 10.8 Å². The van der Waals surface area contributed by atoms with Crippen molar-refractivity contribution < 1.29 is 9.84 Å². The zero-order valence-corrected chi connectivity index (χ0v) is 16.5. The lowest BCUT2D eigenvalue weighted by molar-refractivity contribution is 0.302. The van der Waals surface area contributed by atoms with Crippen molar-refractivity contribution in [2.75, 3.05) is 0 Å². The Kier molecular flexibility index (Phi) is 4.81. The Morgan fingerprint density at radius 3 is 2.59 bits per heavy atom. The number of aromatic hydroxyl groups is 1. The van der Waals surface area contributed by atoms with Gasteiger partial charge in [0.15, 0.2) is 0 Å². The molecule has 0 radical (unpaired) electrons. The molecular formula is C26H25NO2. The molecule has 1 saturated carbocycles. The first-order chi connectivity index (χ1) is 14.3. The smallest absolute Gasteiger partial charge is 0.130 e. The Labute approximate surface area is 171 Å². The van der Waals surface area contributed by atoms with Gasteiger partial charge in [-0.05, 0) is 47.6 Å². The number of hydrogen-bond acceptors (Lipinski definition) is 3. The summed E-state index contributed by atoms with van der Waals surface area (Å²) in [6, 6.07) is 22.3. The molecule has 5 rings (SSSR count). The average Bonchev–Trinajstić information content (AvgIpc) is 3.27. The molecule has 29 heavy (non-hydrogen) atoms. The van der Waals surface area contributed by atoms with Crippen LogP contribution in [0.25, 0.3) is 21.7 Å². The molecule has 0 spiro atoms. The molecule has 1 fully saturated rings. The highest BCUT2D eigenvalue weighted by Crippen LogP contribution is 2.36. The number of hydrogen-bond donors (Lipinski definition) is 1. The molecule has 1 N–H and O–H groups in total. The molecular weight excluding hydrogens is 358 g/mol. The van der Waals surface area contributed by atoms with Crippen molar-refractivity contribution >= 4 is 21.7 Å². The highest BCUT2D eigenvalue weighted by molar-refractivity contribution is 5.90. The van der Waals surface area contributed by atoms with Crippen LogP contribution >= 0.6 is 0 Å². The standard InChI is InChI=1S/C26H25NO2/c28-26-21(15-18-5-1-2-6-18)10-9-19-12-14-23(16-24(19)26)29-17-22-13-11-20-7-3-4-8-25(20)27-22/h3-4,7-14,16,18,28H,1-2,5-6,15,17H2. The summed E-state index contributed by atoms with van der Waals surface area (Å²) < 4.78 is 6.00. The van der Waals surface area contributed by atoms with E-state index in [2.05, 4.69) is 29.2 Å². The lowest BCUT2D eigenvalue weighted by atomic mass is 9.95. The van der Waals surface area contributed by atoms with Crippen LogP contribution in [0.3, 0.4) is 0 Å². The molecule has 1 aliphatic carbocycles. The number of fused-ring (bicyclic) bond motifs is 2. The van der Waals surface area contributed by atoms with Crippen LogP contribution in [0.2, 0.25) is 0 Å². The van der Waals surface area contributed by atoms with Crippen molar-refractivity contribution in [2.24, 2.45) is 5.92 Å². The molecule has 0 amide bonds. The molecule has 1 aliphatic rings. The molecule has 4 aromatic rings. The highest BCUT2D eigenvalue weighted by atomic mass is 16.5. The van der Waals surface area contributed by atoms with Crippen LogP contribution in [-0.2, 0) is 13.0 Å². The van der Waals surface area contributed by atoms with Gasteiger partial charge >= 0.3 is 0 Å². The van der Waals surface area contributed by atoms with E-state index in [0.717, 1.165) is 45.1 Å². The number of para-hydroxylation sites is 1. The van der Waals surface area contributed by atoms with Crippen LogP contribution in [0.1, 0.15) is 36.9 Å². The third-order valence-electron chi connectivity index (χ3n) is 6.07. The van der Waals surface area contributed by atoms with Crippen LogP contribution in [0.15, 0.2) is 66.7 Å². The normalized spacial score (nSPS) is 14.6. The minimum atomic E-state index is 0.402. The first-order valence-corrected chi connectivity index (χ1v) is 10.5. The third-order valence-corrected chi connectivity index (χ3v) is 6.07. The molecule has 146 valence electrons. The van der Waals surface area contributed by atoms with Crippen LogP contribution in [0, 0.1) is 5.92 Å². The summed E-state index contributed by atoms with van der Waals surface area (Å²) in [4.78, 5) is 4.67. The van der Waals surface area contributed by atoms with Crippen molar-refractivity contribution in [3.63, 3.8) is 0 Å². The fourth-order valence-electron chi connectivity index (χ4n) is 4.45. The maximum absolute atomic E-state index is 10.9. The molecule has 3 heteroatoms. The van der Waals surface area contributed by atoms with E-state index >= 15 is 0 Å². The second-order valence-corrected chi connectivity index (χ2v) is 8.09. The molecule has 3 nitrogen and oxygen atoms in total. The molecule has 0 saturated heterocycles. The Morgan fingerprint density at radius 1 is 0.897 bits per heavy atom. The SMILES string of the molecule is Oc1c(CC2CCCC2)ccc2ccc(OCc3ccc4ccccc4n3)cc12. The zero-order chi connectivity index (χ0) is 19.6. The Balaban J connectivity index is 1.37. The largest absolute Gasteiger partial charge is 0.507 e. The first kappa shape index (κ1) is 18.0. The van der Waals surface area contributed by atoms with Gasteiger partial charge in [0.25, 0.3) is 0 Å². The number of benzene rings is 3. The maximum atomic E-state index is 10.9. The van der Waals surface area contributed by atoms with E-state index in [1.54, 1.807) is 0 Å². The number of aromatic nitrogens is 1. The quantitative estimate of drug-likeness (QED) is 0.433. The number of phenolic OH excluding ortho intramolecular Hbond substituents is 1. The Morgan fingerprint density at radius 2 is 1.69 bits per heavy atom. The summed E-state index contributed by atoms with van der Waals surface area (Å²) in [6.07, 6.45) is 6.16. The van der Waals surface area contributed by atoms with Gasteiger partial charge in [-0.15, -0.1) is 0 Å². The van der Waals surface area contributed by atoms with Gasteiger partial charge < -0.3 is 9.84 Å². The summed E-state index contributed by atoms with van der Waals surface area (Å²) in [6.45, 7) is 0.402. The second kappa shape index (κ2) is 7.75. The predicted molar refractivity (Wildman–Crippen MR) is 117 cm³/mol. The van der Waals surface area contributed by atoms with E-state index in [1.807, 2.05) is 42.5 Å². The molecule has 0 aliphatic heterocycles. The summed E-state index contributed by atoms with van der Waals surface area (Å²) in [5.74, 6) is 1.86. The van der Waals surface area contributed by atoms with Crippen molar-refractivity contribution in [3.05, 3.63) is 78.0 Å². The van der Waals surface area contributed by atoms with Gasteiger partial charge in [0.05, 0.1) is 11.2 Å². The molecule has 0 atom stereocenters. The van der Waals surface area contributed by atoms with E-state index in [1.165, 1.54) is 25.7 Å². The van der Waals surface area contributed by atoms with Crippen molar-refractivity contribution in [1.82, 2.24) is 4.98 Å². The third kappa shape index (κ3) is 3.77. The number of nitrogens with zero attached hydrogens (tertiary/aromatic N) is 1. The van der Waals surface area contributed by atoms with E-state index in [9.17, 15) is 5.11 Å². The lowest BCUT2D eigenvalue weighted by Gasteiger charge is -2.13. The summed E-state index contributed by atoms with van der Waals surface area (Å²) in [7, 11) is 0. The first-order valence-electron chi connectivity index (χ1n) is 10.5. The molecule has 1 heterocycles. The van der Waals surface area contributed by atoms with E-state index < -0.39 is 0 Å². The predicted octanol–water partition coefficient (Wildman–Crippen LogP) is 6.41. The van der Waals surface area contributed by atoms with Crippen LogP contribution in [-0.4, -0.2) is 10.1 Å². The van der Waals surface area contributed by atoms with E-state index in [-0.39, 0.29) is 0 Å². The van der Waals surface area contributed by atoms with Crippen molar-refractivity contribution in [3.8, 4) is 11.5 Å². The molecule has 0 unspecified atom stereocenters. The Hall–Kier alpha value is -3.07. The van der Waals surface area contributed by atoms with E-state index in [4.69, 9.17) is 4.74 Å². The van der Waals surface area contributed by atoms with Gasteiger partial charge in [-0.1, -0.05) is 68.1 Å². The van der Waals surface area contributed by atoms with Gasteiger partial charge in [0.2, 0.25) is 0 Å². The molecule has 1 aromatic heterocycles. The van der Waals surface area contributed by atoms with Crippen LogP contribution < -0.4 is 4.74 Å². The molecule has 3 aromatic carbocycles. The zero-order valence-electron chi connectivity index (χ0n) is 16.5. The second-order valence-electron chi connectivity index (χ2n) is 8.09. The van der Waals surface area contributed by atoms with Crippen LogP contribution in [0.5, 0.6) is 11.5 Å². The molecule has 0 bridgehead atoms. The summed E-state index contributed by atoms with van der Waals surface area (Å²) >= 11 is 0. The highest BCUT2D eigenvalue weighted by Gasteiger charge is 2.18. The lowest BCUT2D eigenvalue weighted by Crippen LogP contribution is -2.00. The van der Waals surface area contributed by atoms with Gasteiger partial charge in [0.1, 0.15) is 18.1 Å². The Bertz CT molecular complexity index is 1160. The van der Waals surface area contributed by atoms with E-state index in [0.29, 0.717) is 18.3 Å². The fraction of sp³-hybridized carbons (Fsp3) is 0.269. The topological polar surface area (TPSA) is 42.4 Å². The van der Waals surface area contributed by atoms with Gasteiger partial charge in [-0.3, -0.25) is 0 Å². The minimum Gasteiger partial charge on any atom is -0.507 e.